The van der Waals surface area contributed by atoms with E-state index in [1.807, 2.05) is 6.07 Å². The number of nitrogens with zero attached hydrogens (tertiary/aromatic N) is 2. The van der Waals surface area contributed by atoms with Crippen molar-refractivity contribution in [3.05, 3.63) is 53.2 Å². The molecule has 0 fully saturated rings. The fourth-order valence-corrected chi connectivity index (χ4v) is 2.01. The lowest BCUT2D eigenvalue weighted by atomic mass is 10.1. The van der Waals surface area contributed by atoms with Gasteiger partial charge in [-0.1, -0.05) is 26.0 Å². The summed E-state index contributed by atoms with van der Waals surface area (Å²) in [5.74, 6) is 1.37. The average molecular weight is 259 g/mol. The Morgan fingerprint density at radius 2 is 2.00 bits per heavy atom. The molecule has 2 aromatic rings. The minimum absolute atomic E-state index is 0.246. The van der Waals surface area contributed by atoms with Crippen LogP contribution in [0.25, 0.3) is 0 Å². The van der Waals surface area contributed by atoms with E-state index in [0.717, 1.165) is 17.7 Å². The second kappa shape index (κ2) is 5.78. The molecule has 0 aliphatic rings. The third-order valence-electron chi connectivity index (χ3n) is 2.71. The first-order valence-corrected chi connectivity index (χ1v) is 6.39. The van der Waals surface area contributed by atoms with Gasteiger partial charge in [-0.2, -0.15) is 0 Å². The molecule has 100 valence electrons. The van der Waals surface area contributed by atoms with Gasteiger partial charge < -0.3 is 5.73 Å². The van der Waals surface area contributed by atoms with Gasteiger partial charge in [0.15, 0.2) is 0 Å². The zero-order chi connectivity index (χ0) is 13.8. The van der Waals surface area contributed by atoms with Crippen molar-refractivity contribution in [2.24, 2.45) is 5.92 Å². The van der Waals surface area contributed by atoms with Crippen LogP contribution in [0.4, 0.5) is 10.2 Å². The second-order valence-electron chi connectivity index (χ2n) is 5.11. The molecular formula is C15H18FN3. The predicted octanol–water partition coefficient (Wildman–Crippen LogP) is 2.99. The lowest BCUT2D eigenvalue weighted by Crippen LogP contribution is -2.06. The molecule has 1 aromatic heterocycles. The number of benzene rings is 1. The van der Waals surface area contributed by atoms with Gasteiger partial charge in [0, 0.05) is 18.2 Å². The summed E-state index contributed by atoms with van der Waals surface area (Å²) < 4.78 is 13.1. The van der Waals surface area contributed by atoms with E-state index >= 15 is 0 Å². The lowest BCUT2D eigenvalue weighted by Gasteiger charge is -2.08. The van der Waals surface area contributed by atoms with E-state index in [9.17, 15) is 4.39 Å². The third-order valence-corrected chi connectivity index (χ3v) is 2.71. The molecular weight excluding hydrogens is 241 g/mol. The van der Waals surface area contributed by atoms with E-state index in [0.29, 0.717) is 24.0 Å². The molecule has 0 spiro atoms. The van der Waals surface area contributed by atoms with Gasteiger partial charge in [0.25, 0.3) is 0 Å². The maximum atomic E-state index is 13.1. The Bertz CT molecular complexity index is 567. The van der Waals surface area contributed by atoms with Gasteiger partial charge in [0.1, 0.15) is 17.5 Å². The van der Waals surface area contributed by atoms with Crippen molar-refractivity contribution in [3.63, 3.8) is 0 Å². The number of halogens is 1. The Morgan fingerprint density at radius 1 is 1.21 bits per heavy atom. The molecule has 0 unspecified atom stereocenters. The standard InChI is InChI=1S/C15H18FN3/c1-10(2)6-13-9-14(17)19-15(18-13)8-11-4-3-5-12(16)7-11/h3-5,7,9-10H,6,8H2,1-2H3,(H2,17,18,19). The fraction of sp³-hybridized carbons (Fsp3) is 0.333. The van der Waals surface area contributed by atoms with E-state index < -0.39 is 0 Å². The van der Waals surface area contributed by atoms with Crippen LogP contribution in [0.15, 0.2) is 30.3 Å². The van der Waals surface area contributed by atoms with Crippen LogP contribution in [0, 0.1) is 11.7 Å². The molecule has 0 aliphatic carbocycles. The molecule has 0 atom stereocenters. The largest absolute Gasteiger partial charge is 0.384 e. The Morgan fingerprint density at radius 3 is 2.68 bits per heavy atom. The van der Waals surface area contributed by atoms with Gasteiger partial charge in [-0.15, -0.1) is 0 Å². The van der Waals surface area contributed by atoms with Crippen molar-refractivity contribution >= 4 is 5.82 Å². The quantitative estimate of drug-likeness (QED) is 0.918. The summed E-state index contributed by atoms with van der Waals surface area (Å²) in [7, 11) is 0. The van der Waals surface area contributed by atoms with Gasteiger partial charge in [0.2, 0.25) is 0 Å². The number of hydrogen-bond donors (Lipinski definition) is 1. The summed E-state index contributed by atoms with van der Waals surface area (Å²) in [6.45, 7) is 4.26. The molecule has 3 nitrogen and oxygen atoms in total. The Labute approximate surface area is 112 Å². The summed E-state index contributed by atoms with van der Waals surface area (Å²) in [5.41, 5.74) is 7.58. The van der Waals surface area contributed by atoms with Crippen LogP contribution in [0.3, 0.4) is 0 Å². The van der Waals surface area contributed by atoms with Crippen molar-refractivity contribution in [3.8, 4) is 0 Å². The van der Waals surface area contributed by atoms with Crippen molar-refractivity contribution in [1.82, 2.24) is 9.97 Å². The van der Waals surface area contributed by atoms with Gasteiger partial charge in [-0.05, 0) is 30.0 Å². The first-order valence-electron chi connectivity index (χ1n) is 6.39. The smallest absolute Gasteiger partial charge is 0.135 e. The second-order valence-corrected chi connectivity index (χ2v) is 5.11. The lowest BCUT2D eigenvalue weighted by molar-refractivity contribution is 0.625. The minimum Gasteiger partial charge on any atom is -0.384 e. The SMILES string of the molecule is CC(C)Cc1cc(N)nc(Cc2cccc(F)c2)n1. The van der Waals surface area contributed by atoms with Crippen molar-refractivity contribution in [1.29, 1.82) is 0 Å². The third kappa shape index (κ3) is 4.02. The molecule has 1 aromatic carbocycles. The van der Waals surface area contributed by atoms with Crippen molar-refractivity contribution < 1.29 is 4.39 Å². The van der Waals surface area contributed by atoms with Crippen LogP contribution in [-0.4, -0.2) is 9.97 Å². The predicted molar refractivity (Wildman–Crippen MR) is 74.2 cm³/mol. The van der Waals surface area contributed by atoms with Crippen LogP contribution < -0.4 is 5.73 Å². The Kier molecular flexibility index (Phi) is 4.10. The molecule has 0 amide bonds. The summed E-state index contributed by atoms with van der Waals surface area (Å²) in [6.07, 6.45) is 1.36. The summed E-state index contributed by atoms with van der Waals surface area (Å²) >= 11 is 0. The summed E-state index contributed by atoms with van der Waals surface area (Å²) in [6, 6.07) is 8.27. The van der Waals surface area contributed by atoms with E-state index in [-0.39, 0.29) is 5.82 Å². The van der Waals surface area contributed by atoms with Crippen LogP contribution in [0.5, 0.6) is 0 Å². The summed E-state index contributed by atoms with van der Waals surface area (Å²) in [5, 5.41) is 0. The number of anilines is 1. The molecule has 2 rings (SSSR count). The van der Waals surface area contributed by atoms with Crippen LogP contribution >= 0.6 is 0 Å². The van der Waals surface area contributed by atoms with Crippen molar-refractivity contribution in [2.75, 3.05) is 5.73 Å². The van der Waals surface area contributed by atoms with E-state index in [1.165, 1.54) is 12.1 Å². The number of aromatic nitrogens is 2. The first kappa shape index (κ1) is 13.5. The van der Waals surface area contributed by atoms with Crippen LogP contribution in [0.1, 0.15) is 30.9 Å². The summed E-state index contributed by atoms with van der Waals surface area (Å²) in [4.78, 5) is 8.70. The molecule has 19 heavy (non-hydrogen) atoms. The van der Waals surface area contributed by atoms with Gasteiger partial charge in [0.05, 0.1) is 0 Å². The molecule has 1 heterocycles. The van der Waals surface area contributed by atoms with Crippen LogP contribution in [0.2, 0.25) is 0 Å². The maximum Gasteiger partial charge on any atom is 0.135 e. The monoisotopic (exact) mass is 259 g/mol. The Balaban J connectivity index is 2.22. The molecule has 2 N–H and O–H groups in total. The van der Waals surface area contributed by atoms with Crippen molar-refractivity contribution in [2.45, 2.75) is 26.7 Å². The molecule has 4 heteroatoms. The highest BCUT2D eigenvalue weighted by atomic mass is 19.1. The molecule has 0 aliphatic heterocycles. The van der Waals surface area contributed by atoms with E-state index in [4.69, 9.17) is 5.73 Å². The molecule has 0 saturated carbocycles. The normalized spacial score (nSPS) is 10.9. The van der Waals surface area contributed by atoms with Gasteiger partial charge >= 0.3 is 0 Å². The fourth-order valence-electron chi connectivity index (χ4n) is 2.01. The highest BCUT2D eigenvalue weighted by Gasteiger charge is 2.06. The van der Waals surface area contributed by atoms with E-state index in [1.54, 1.807) is 12.1 Å². The number of nitrogens with two attached hydrogens (primary N) is 1. The Hall–Kier alpha value is -1.97. The topological polar surface area (TPSA) is 51.8 Å². The molecule has 0 bridgehead atoms. The zero-order valence-corrected chi connectivity index (χ0v) is 11.2. The average Bonchev–Trinajstić information content (AvgIpc) is 2.26. The zero-order valence-electron chi connectivity index (χ0n) is 11.2. The maximum absolute atomic E-state index is 13.1. The van der Waals surface area contributed by atoms with Gasteiger partial charge in [-0.25, -0.2) is 14.4 Å². The van der Waals surface area contributed by atoms with Crippen LogP contribution in [-0.2, 0) is 12.8 Å². The first-order chi connectivity index (χ1) is 9.02. The molecule has 0 radical (unpaired) electrons. The molecule has 0 saturated heterocycles. The number of nitrogen functional groups attached to an aromatic ring is 1. The minimum atomic E-state index is -0.246. The highest BCUT2D eigenvalue weighted by Crippen LogP contribution is 2.12. The number of hydrogen-bond acceptors (Lipinski definition) is 3. The van der Waals surface area contributed by atoms with Gasteiger partial charge in [-0.3, -0.25) is 0 Å². The highest BCUT2D eigenvalue weighted by molar-refractivity contribution is 5.31. The van der Waals surface area contributed by atoms with E-state index in [2.05, 4.69) is 23.8 Å². The number of rotatable bonds is 4.